The van der Waals surface area contributed by atoms with Crippen molar-refractivity contribution in [3.05, 3.63) is 96.7 Å². The van der Waals surface area contributed by atoms with Crippen LogP contribution in [-0.2, 0) is 0 Å². The Morgan fingerprint density at radius 3 is 2.48 bits per heavy atom. The highest BCUT2D eigenvalue weighted by Gasteiger charge is 2.08. The zero-order valence-corrected chi connectivity index (χ0v) is 17.1. The summed E-state index contributed by atoms with van der Waals surface area (Å²) in [5, 5.41) is 6.15. The number of benzene rings is 3. The zero-order chi connectivity index (χ0) is 21.5. The minimum Gasteiger partial charge on any atom is -0.494 e. The molecule has 0 fully saturated rings. The number of ether oxygens (including phenoxy) is 1. The molecule has 0 aliphatic carbocycles. The van der Waals surface area contributed by atoms with E-state index in [9.17, 15) is 4.79 Å². The number of carbonyl (C=O) groups excluding carboxylic acids is 1. The molecule has 1 heterocycles. The Labute approximate surface area is 181 Å². The summed E-state index contributed by atoms with van der Waals surface area (Å²) in [6, 6.07) is 26.1. The smallest absolute Gasteiger partial charge is 0.255 e. The van der Waals surface area contributed by atoms with E-state index in [1.807, 2.05) is 73.7 Å². The van der Waals surface area contributed by atoms with Gasteiger partial charge in [0.15, 0.2) is 5.82 Å². The van der Waals surface area contributed by atoms with Gasteiger partial charge in [0.1, 0.15) is 11.6 Å². The van der Waals surface area contributed by atoms with Crippen LogP contribution in [0.1, 0.15) is 17.3 Å². The third kappa shape index (κ3) is 5.25. The maximum atomic E-state index is 12.7. The Hall–Kier alpha value is -4.19. The standard InChI is InChI=1S/C25H22N4O2/c1-2-31-22-13-11-20(12-14-22)28-25(30)19-9-6-10-21(17-19)27-23-15-16-26-24(29-23)18-7-4-3-5-8-18/h3-17H,2H2,1H3,(H,28,30)(H,26,27,29). The predicted molar refractivity (Wildman–Crippen MR) is 123 cm³/mol. The van der Waals surface area contributed by atoms with E-state index in [1.54, 1.807) is 24.4 Å². The molecular weight excluding hydrogens is 388 g/mol. The van der Waals surface area contributed by atoms with Gasteiger partial charge in [0.25, 0.3) is 5.91 Å². The van der Waals surface area contributed by atoms with Gasteiger partial charge in [0, 0.05) is 28.7 Å². The minimum atomic E-state index is -0.194. The van der Waals surface area contributed by atoms with Crippen molar-refractivity contribution in [2.75, 3.05) is 17.2 Å². The third-order valence-corrected chi connectivity index (χ3v) is 4.51. The molecule has 2 N–H and O–H groups in total. The Kier molecular flexibility index (Phi) is 6.18. The van der Waals surface area contributed by atoms with E-state index in [0.717, 1.165) is 17.0 Å². The van der Waals surface area contributed by atoms with Crippen LogP contribution in [0.15, 0.2) is 91.1 Å². The van der Waals surface area contributed by atoms with Gasteiger partial charge >= 0.3 is 0 Å². The maximum Gasteiger partial charge on any atom is 0.255 e. The predicted octanol–water partition coefficient (Wildman–Crippen LogP) is 5.54. The summed E-state index contributed by atoms with van der Waals surface area (Å²) in [6.07, 6.45) is 1.71. The number of nitrogens with zero attached hydrogens (tertiary/aromatic N) is 2. The molecule has 4 aromatic rings. The van der Waals surface area contributed by atoms with Gasteiger partial charge in [-0.05, 0) is 55.5 Å². The Morgan fingerprint density at radius 1 is 0.903 bits per heavy atom. The lowest BCUT2D eigenvalue weighted by Crippen LogP contribution is -2.12. The molecule has 6 heteroatoms. The Bertz CT molecular complexity index is 1160. The third-order valence-electron chi connectivity index (χ3n) is 4.51. The molecule has 0 aliphatic heterocycles. The molecule has 0 unspecified atom stereocenters. The molecular formula is C25H22N4O2. The first-order valence-electron chi connectivity index (χ1n) is 10.0. The average molecular weight is 410 g/mol. The molecule has 4 rings (SSSR count). The lowest BCUT2D eigenvalue weighted by Gasteiger charge is -2.10. The van der Waals surface area contributed by atoms with Crippen molar-refractivity contribution in [3.63, 3.8) is 0 Å². The van der Waals surface area contributed by atoms with Gasteiger partial charge < -0.3 is 15.4 Å². The number of anilines is 3. The van der Waals surface area contributed by atoms with E-state index in [-0.39, 0.29) is 5.91 Å². The van der Waals surface area contributed by atoms with Crippen LogP contribution < -0.4 is 15.4 Å². The second-order valence-corrected chi connectivity index (χ2v) is 6.75. The highest BCUT2D eigenvalue weighted by Crippen LogP contribution is 2.21. The quantitative estimate of drug-likeness (QED) is 0.418. The second-order valence-electron chi connectivity index (χ2n) is 6.75. The molecule has 31 heavy (non-hydrogen) atoms. The van der Waals surface area contributed by atoms with Gasteiger partial charge in [-0.1, -0.05) is 36.4 Å². The molecule has 0 radical (unpaired) electrons. The van der Waals surface area contributed by atoms with Gasteiger partial charge in [0.05, 0.1) is 6.61 Å². The lowest BCUT2D eigenvalue weighted by atomic mass is 10.1. The van der Waals surface area contributed by atoms with Crippen LogP contribution in [0.5, 0.6) is 5.75 Å². The molecule has 0 atom stereocenters. The van der Waals surface area contributed by atoms with Crippen molar-refractivity contribution >= 4 is 23.1 Å². The molecule has 0 aliphatic rings. The summed E-state index contributed by atoms with van der Waals surface area (Å²) in [5.41, 5.74) is 2.94. The highest BCUT2D eigenvalue weighted by atomic mass is 16.5. The highest BCUT2D eigenvalue weighted by molar-refractivity contribution is 6.04. The fraction of sp³-hybridized carbons (Fsp3) is 0.0800. The lowest BCUT2D eigenvalue weighted by molar-refractivity contribution is 0.102. The van der Waals surface area contributed by atoms with Crippen molar-refractivity contribution < 1.29 is 9.53 Å². The van der Waals surface area contributed by atoms with E-state index in [4.69, 9.17) is 4.74 Å². The van der Waals surface area contributed by atoms with Crippen LogP contribution in [0.25, 0.3) is 11.4 Å². The fourth-order valence-corrected chi connectivity index (χ4v) is 3.05. The normalized spacial score (nSPS) is 10.4. The number of carbonyl (C=O) groups is 1. The van der Waals surface area contributed by atoms with Gasteiger partial charge in [-0.25, -0.2) is 9.97 Å². The first kappa shape index (κ1) is 20.1. The number of amides is 1. The van der Waals surface area contributed by atoms with Gasteiger partial charge in [0.2, 0.25) is 0 Å². The van der Waals surface area contributed by atoms with Crippen molar-refractivity contribution in [1.29, 1.82) is 0 Å². The van der Waals surface area contributed by atoms with Gasteiger partial charge in [-0.2, -0.15) is 0 Å². The minimum absolute atomic E-state index is 0.194. The zero-order valence-electron chi connectivity index (χ0n) is 17.1. The fourth-order valence-electron chi connectivity index (χ4n) is 3.05. The van der Waals surface area contributed by atoms with Crippen molar-refractivity contribution in [2.45, 2.75) is 6.92 Å². The molecule has 3 aromatic carbocycles. The Morgan fingerprint density at radius 2 is 1.71 bits per heavy atom. The second kappa shape index (κ2) is 9.54. The molecule has 6 nitrogen and oxygen atoms in total. The van der Waals surface area contributed by atoms with E-state index in [2.05, 4.69) is 20.6 Å². The van der Waals surface area contributed by atoms with Crippen molar-refractivity contribution in [3.8, 4) is 17.1 Å². The summed E-state index contributed by atoms with van der Waals surface area (Å²) in [5.74, 6) is 1.86. The van der Waals surface area contributed by atoms with Crippen LogP contribution >= 0.6 is 0 Å². The van der Waals surface area contributed by atoms with Crippen LogP contribution in [0, 0.1) is 0 Å². The first-order chi connectivity index (χ1) is 15.2. The SMILES string of the molecule is CCOc1ccc(NC(=O)c2cccc(Nc3ccnc(-c4ccccc4)n3)c2)cc1. The molecule has 0 bridgehead atoms. The number of rotatable bonds is 7. The van der Waals surface area contributed by atoms with Gasteiger partial charge in [-0.3, -0.25) is 4.79 Å². The largest absolute Gasteiger partial charge is 0.494 e. The Balaban J connectivity index is 1.46. The molecule has 0 spiro atoms. The number of nitrogens with one attached hydrogen (secondary N) is 2. The first-order valence-corrected chi connectivity index (χ1v) is 10.0. The number of aromatic nitrogens is 2. The molecule has 0 saturated carbocycles. The van der Waals surface area contributed by atoms with Gasteiger partial charge in [-0.15, -0.1) is 0 Å². The summed E-state index contributed by atoms with van der Waals surface area (Å²) in [4.78, 5) is 21.6. The number of hydrogen-bond acceptors (Lipinski definition) is 5. The van der Waals surface area contributed by atoms with Crippen LogP contribution in [0.4, 0.5) is 17.2 Å². The summed E-state index contributed by atoms with van der Waals surface area (Å²) in [7, 11) is 0. The van der Waals surface area contributed by atoms with Crippen LogP contribution in [0.2, 0.25) is 0 Å². The van der Waals surface area contributed by atoms with E-state index in [0.29, 0.717) is 29.5 Å². The van der Waals surface area contributed by atoms with Crippen molar-refractivity contribution in [1.82, 2.24) is 9.97 Å². The van der Waals surface area contributed by atoms with E-state index >= 15 is 0 Å². The monoisotopic (exact) mass is 410 g/mol. The molecule has 1 amide bonds. The topological polar surface area (TPSA) is 76.1 Å². The molecule has 0 saturated heterocycles. The molecule has 154 valence electrons. The maximum absolute atomic E-state index is 12.7. The van der Waals surface area contributed by atoms with E-state index in [1.165, 1.54) is 0 Å². The number of hydrogen-bond donors (Lipinski definition) is 2. The average Bonchev–Trinajstić information content (AvgIpc) is 2.81. The summed E-state index contributed by atoms with van der Waals surface area (Å²) < 4.78 is 5.43. The van der Waals surface area contributed by atoms with Crippen molar-refractivity contribution in [2.24, 2.45) is 0 Å². The molecule has 1 aromatic heterocycles. The van der Waals surface area contributed by atoms with Crippen LogP contribution in [0.3, 0.4) is 0 Å². The van der Waals surface area contributed by atoms with E-state index < -0.39 is 0 Å². The van der Waals surface area contributed by atoms with Crippen LogP contribution in [-0.4, -0.2) is 22.5 Å². The summed E-state index contributed by atoms with van der Waals surface area (Å²) in [6.45, 7) is 2.53. The summed E-state index contributed by atoms with van der Waals surface area (Å²) >= 11 is 0.